The number of imidazole rings is 1. The molecular formula is C11H6N2O3. The summed E-state index contributed by atoms with van der Waals surface area (Å²) in [6.45, 7) is 0. The second-order valence-corrected chi connectivity index (χ2v) is 3.50. The molecule has 5 heteroatoms. The summed E-state index contributed by atoms with van der Waals surface area (Å²) in [4.78, 5) is 26.8. The van der Waals surface area contributed by atoms with Crippen LogP contribution in [0.2, 0.25) is 0 Å². The molecule has 2 heterocycles. The van der Waals surface area contributed by atoms with Gasteiger partial charge in [0.1, 0.15) is 5.56 Å². The standard InChI is InChI=1S/C11H6N2O3/c14-10-6-2-1-3-8-9(6)13(5-12-8)4-7(10)11(15)16/h1-5H,(H,15,16). The molecule has 0 atom stereocenters. The predicted molar refractivity (Wildman–Crippen MR) is 57.1 cm³/mol. The first-order chi connectivity index (χ1) is 7.68. The number of aromatic carboxylic acids is 1. The Morgan fingerprint density at radius 1 is 1.38 bits per heavy atom. The number of rotatable bonds is 1. The highest BCUT2D eigenvalue weighted by Crippen LogP contribution is 2.17. The van der Waals surface area contributed by atoms with E-state index in [0.29, 0.717) is 16.4 Å². The molecule has 0 fully saturated rings. The lowest BCUT2D eigenvalue weighted by atomic mass is 10.1. The van der Waals surface area contributed by atoms with Crippen LogP contribution in [0.4, 0.5) is 0 Å². The molecule has 5 nitrogen and oxygen atoms in total. The van der Waals surface area contributed by atoms with Crippen LogP contribution in [0.5, 0.6) is 0 Å². The number of benzene rings is 1. The number of carbonyl (C=O) groups is 1. The fourth-order valence-electron chi connectivity index (χ4n) is 1.87. The number of carboxylic acid groups (broad SMARTS) is 1. The Morgan fingerprint density at radius 2 is 2.19 bits per heavy atom. The van der Waals surface area contributed by atoms with Crippen LogP contribution in [-0.2, 0) is 0 Å². The average Bonchev–Trinajstić information content (AvgIpc) is 2.67. The number of carboxylic acids is 1. The molecule has 0 bridgehead atoms. The molecule has 3 aromatic rings. The Hall–Kier alpha value is -2.43. The van der Waals surface area contributed by atoms with Gasteiger partial charge in [0.05, 0.1) is 17.4 Å². The first-order valence-electron chi connectivity index (χ1n) is 4.64. The third-order valence-electron chi connectivity index (χ3n) is 2.58. The monoisotopic (exact) mass is 214 g/mol. The van der Waals surface area contributed by atoms with Crippen LogP contribution < -0.4 is 5.43 Å². The molecule has 0 spiro atoms. The number of pyridine rings is 1. The molecule has 2 aromatic heterocycles. The first kappa shape index (κ1) is 8.84. The van der Waals surface area contributed by atoms with E-state index in [9.17, 15) is 9.59 Å². The van der Waals surface area contributed by atoms with Gasteiger partial charge in [-0.2, -0.15) is 0 Å². The normalized spacial score (nSPS) is 11.2. The van der Waals surface area contributed by atoms with E-state index >= 15 is 0 Å². The summed E-state index contributed by atoms with van der Waals surface area (Å²) in [6, 6.07) is 5.08. The van der Waals surface area contributed by atoms with Crippen molar-refractivity contribution >= 4 is 22.4 Å². The maximum absolute atomic E-state index is 11.9. The van der Waals surface area contributed by atoms with E-state index in [2.05, 4.69) is 4.98 Å². The van der Waals surface area contributed by atoms with Crippen LogP contribution in [0.1, 0.15) is 10.4 Å². The van der Waals surface area contributed by atoms with Crippen molar-refractivity contribution in [3.63, 3.8) is 0 Å². The molecule has 0 aliphatic carbocycles. The highest BCUT2D eigenvalue weighted by molar-refractivity contribution is 5.98. The van der Waals surface area contributed by atoms with Crippen molar-refractivity contribution in [2.45, 2.75) is 0 Å². The third kappa shape index (κ3) is 0.967. The van der Waals surface area contributed by atoms with Crippen molar-refractivity contribution < 1.29 is 9.90 Å². The number of hydrogen-bond donors (Lipinski definition) is 1. The summed E-state index contributed by atoms with van der Waals surface area (Å²) in [6.07, 6.45) is 2.80. The van der Waals surface area contributed by atoms with Crippen molar-refractivity contribution in [2.75, 3.05) is 0 Å². The number of nitrogens with zero attached hydrogens (tertiary/aromatic N) is 2. The van der Waals surface area contributed by atoms with Crippen LogP contribution in [-0.4, -0.2) is 20.5 Å². The van der Waals surface area contributed by atoms with Gasteiger partial charge in [-0.05, 0) is 12.1 Å². The minimum atomic E-state index is -1.22. The van der Waals surface area contributed by atoms with E-state index in [1.54, 1.807) is 22.6 Å². The zero-order valence-electron chi connectivity index (χ0n) is 8.04. The molecule has 0 aliphatic rings. The van der Waals surface area contributed by atoms with E-state index in [-0.39, 0.29) is 5.56 Å². The SMILES string of the molecule is O=C(O)c1cn2cnc3cccc(c1=O)c32. The largest absolute Gasteiger partial charge is 0.477 e. The van der Waals surface area contributed by atoms with Crippen LogP contribution >= 0.6 is 0 Å². The third-order valence-corrected chi connectivity index (χ3v) is 2.58. The molecule has 3 rings (SSSR count). The van der Waals surface area contributed by atoms with Crippen molar-refractivity contribution in [3.8, 4) is 0 Å². The van der Waals surface area contributed by atoms with E-state index in [4.69, 9.17) is 5.11 Å². The highest BCUT2D eigenvalue weighted by atomic mass is 16.4. The van der Waals surface area contributed by atoms with Gasteiger partial charge < -0.3 is 9.51 Å². The summed E-state index contributed by atoms with van der Waals surface area (Å²) in [5.41, 5.74) is 0.646. The summed E-state index contributed by atoms with van der Waals surface area (Å²) in [7, 11) is 0. The minimum Gasteiger partial charge on any atom is -0.477 e. The van der Waals surface area contributed by atoms with Gasteiger partial charge in [0.2, 0.25) is 5.43 Å². The van der Waals surface area contributed by atoms with Gasteiger partial charge in [-0.15, -0.1) is 0 Å². The fourth-order valence-corrected chi connectivity index (χ4v) is 1.87. The average molecular weight is 214 g/mol. The summed E-state index contributed by atoms with van der Waals surface area (Å²) >= 11 is 0. The van der Waals surface area contributed by atoms with Gasteiger partial charge in [0, 0.05) is 11.6 Å². The highest BCUT2D eigenvalue weighted by Gasteiger charge is 2.15. The van der Waals surface area contributed by atoms with Gasteiger partial charge in [-0.25, -0.2) is 9.78 Å². The summed E-state index contributed by atoms with van der Waals surface area (Å²) < 4.78 is 1.56. The molecule has 0 amide bonds. The van der Waals surface area contributed by atoms with Crippen molar-refractivity contribution in [1.29, 1.82) is 0 Å². The summed E-state index contributed by atoms with van der Waals surface area (Å²) in [5, 5.41) is 9.29. The molecule has 0 radical (unpaired) electrons. The zero-order valence-corrected chi connectivity index (χ0v) is 8.04. The van der Waals surface area contributed by atoms with E-state index in [0.717, 1.165) is 0 Å². The topological polar surface area (TPSA) is 71.7 Å². The molecule has 16 heavy (non-hydrogen) atoms. The van der Waals surface area contributed by atoms with Crippen LogP contribution in [0.3, 0.4) is 0 Å². The van der Waals surface area contributed by atoms with Crippen molar-refractivity contribution in [2.24, 2.45) is 0 Å². The van der Waals surface area contributed by atoms with Crippen molar-refractivity contribution in [3.05, 3.63) is 46.5 Å². The Kier molecular flexibility index (Phi) is 1.54. The van der Waals surface area contributed by atoms with Gasteiger partial charge >= 0.3 is 5.97 Å². The molecule has 0 saturated carbocycles. The molecule has 0 unspecified atom stereocenters. The smallest absolute Gasteiger partial charge is 0.341 e. The second kappa shape index (κ2) is 2.79. The molecule has 0 aliphatic heterocycles. The number of aromatic nitrogens is 2. The summed E-state index contributed by atoms with van der Waals surface area (Å²) in [5.74, 6) is -1.22. The molecule has 78 valence electrons. The Balaban J connectivity index is 2.65. The number of para-hydroxylation sites is 1. The quantitative estimate of drug-likeness (QED) is 0.655. The Bertz CT molecular complexity index is 760. The molecule has 1 aromatic carbocycles. The Morgan fingerprint density at radius 3 is 2.94 bits per heavy atom. The first-order valence-corrected chi connectivity index (χ1v) is 4.64. The fraction of sp³-hybridized carbons (Fsp3) is 0. The lowest BCUT2D eigenvalue weighted by molar-refractivity contribution is 0.0695. The van der Waals surface area contributed by atoms with Gasteiger partial charge in [-0.1, -0.05) is 6.07 Å². The van der Waals surface area contributed by atoms with E-state index in [1.165, 1.54) is 12.5 Å². The number of hydrogen-bond acceptors (Lipinski definition) is 3. The molecule has 0 saturated heterocycles. The molecule has 1 N–H and O–H groups in total. The Labute approximate surface area is 88.9 Å². The molecular weight excluding hydrogens is 208 g/mol. The van der Waals surface area contributed by atoms with E-state index in [1.807, 2.05) is 0 Å². The maximum atomic E-state index is 11.9. The van der Waals surface area contributed by atoms with Crippen LogP contribution in [0, 0.1) is 0 Å². The lowest BCUT2D eigenvalue weighted by Crippen LogP contribution is -2.16. The van der Waals surface area contributed by atoms with Crippen LogP contribution in [0.25, 0.3) is 16.4 Å². The zero-order chi connectivity index (χ0) is 11.3. The van der Waals surface area contributed by atoms with E-state index < -0.39 is 11.4 Å². The minimum absolute atomic E-state index is 0.238. The van der Waals surface area contributed by atoms with Crippen LogP contribution in [0.15, 0.2) is 35.5 Å². The van der Waals surface area contributed by atoms with Gasteiger partial charge in [0.15, 0.2) is 0 Å². The van der Waals surface area contributed by atoms with Crippen molar-refractivity contribution in [1.82, 2.24) is 9.38 Å². The van der Waals surface area contributed by atoms with Gasteiger partial charge in [-0.3, -0.25) is 4.79 Å². The lowest BCUT2D eigenvalue weighted by Gasteiger charge is -2.00. The van der Waals surface area contributed by atoms with Gasteiger partial charge in [0.25, 0.3) is 0 Å². The second-order valence-electron chi connectivity index (χ2n) is 3.50. The maximum Gasteiger partial charge on any atom is 0.341 e. The predicted octanol–water partition coefficient (Wildman–Crippen LogP) is 0.984.